The Kier molecular flexibility index (Phi) is 7.27. The highest BCUT2D eigenvalue weighted by molar-refractivity contribution is 5.79. The largest absolute Gasteiger partial charge is 0.340 e. The van der Waals surface area contributed by atoms with Gasteiger partial charge in [0.25, 0.3) is 0 Å². The van der Waals surface area contributed by atoms with Crippen molar-refractivity contribution in [3.05, 3.63) is 102 Å². The molecule has 0 N–H and O–H groups in total. The summed E-state index contributed by atoms with van der Waals surface area (Å²) < 4.78 is 0. The van der Waals surface area contributed by atoms with E-state index >= 15 is 0 Å². The summed E-state index contributed by atoms with van der Waals surface area (Å²) in [5.74, 6) is 0.101. The van der Waals surface area contributed by atoms with Gasteiger partial charge in [-0.05, 0) is 30.0 Å². The summed E-state index contributed by atoms with van der Waals surface area (Å²) in [6.45, 7) is 2.64. The van der Waals surface area contributed by atoms with E-state index in [4.69, 9.17) is 0 Å². The average Bonchev–Trinajstić information content (AvgIpc) is 2.86. The van der Waals surface area contributed by atoms with E-state index in [0.29, 0.717) is 26.2 Å². The SMILES string of the molecule is N#CC(c1cccnc1)N1CCN(C(=O)C(Cc2ccccc2)Cc2ccccc2)CC1. The second-order valence-electron chi connectivity index (χ2n) is 8.26. The first kappa shape index (κ1) is 21.7. The van der Waals surface area contributed by atoms with Gasteiger partial charge >= 0.3 is 0 Å². The molecule has 5 nitrogen and oxygen atoms in total. The topological polar surface area (TPSA) is 60.2 Å². The number of pyridine rings is 1. The van der Waals surface area contributed by atoms with E-state index < -0.39 is 0 Å². The number of nitriles is 1. The molecule has 4 rings (SSSR count). The van der Waals surface area contributed by atoms with Crippen LogP contribution in [0.15, 0.2) is 85.2 Å². The van der Waals surface area contributed by atoms with Crippen molar-refractivity contribution in [3.63, 3.8) is 0 Å². The average molecular weight is 425 g/mol. The number of aromatic nitrogens is 1. The van der Waals surface area contributed by atoms with E-state index in [1.165, 1.54) is 11.1 Å². The van der Waals surface area contributed by atoms with Gasteiger partial charge in [-0.2, -0.15) is 5.26 Å². The van der Waals surface area contributed by atoms with Crippen molar-refractivity contribution in [2.24, 2.45) is 5.92 Å². The lowest BCUT2D eigenvalue weighted by Gasteiger charge is -2.38. The first-order valence-corrected chi connectivity index (χ1v) is 11.1. The first-order chi connectivity index (χ1) is 15.7. The van der Waals surface area contributed by atoms with Crippen LogP contribution >= 0.6 is 0 Å². The van der Waals surface area contributed by atoms with Gasteiger partial charge in [-0.25, -0.2) is 0 Å². The minimum Gasteiger partial charge on any atom is -0.340 e. The van der Waals surface area contributed by atoms with E-state index in [1.54, 1.807) is 12.4 Å². The monoisotopic (exact) mass is 424 g/mol. The fourth-order valence-corrected chi connectivity index (χ4v) is 4.41. The summed E-state index contributed by atoms with van der Waals surface area (Å²) in [4.78, 5) is 21.8. The number of benzene rings is 2. The minimum absolute atomic E-state index is 0.101. The molecule has 1 atom stereocenters. The van der Waals surface area contributed by atoms with Crippen LogP contribution in [0.2, 0.25) is 0 Å². The maximum Gasteiger partial charge on any atom is 0.226 e. The number of nitrogens with zero attached hydrogens (tertiary/aromatic N) is 4. The third-order valence-corrected chi connectivity index (χ3v) is 6.11. The maximum absolute atomic E-state index is 13.6. The second kappa shape index (κ2) is 10.7. The quantitative estimate of drug-likeness (QED) is 0.577. The molecule has 1 aromatic heterocycles. The highest BCUT2D eigenvalue weighted by Crippen LogP contribution is 2.23. The standard InChI is InChI=1S/C27H28N4O/c28-20-26(24-12-7-13-29-21-24)30-14-16-31(17-15-30)27(32)25(18-22-8-3-1-4-9-22)19-23-10-5-2-6-11-23/h1-13,21,25-26H,14-19H2. The lowest BCUT2D eigenvalue weighted by molar-refractivity contribution is -0.137. The zero-order chi connectivity index (χ0) is 22.2. The van der Waals surface area contributed by atoms with Gasteiger partial charge in [-0.3, -0.25) is 14.7 Å². The van der Waals surface area contributed by atoms with Crippen molar-refractivity contribution in [2.75, 3.05) is 26.2 Å². The molecule has 2 aromatic carbocycles. The first-order valence-electron chi connectivity index (χ1n) is 11.1. The molecule has 2 heterocycles. The Bertz CT molecular complexity index is 984. The third-order valence-electron chi connectivity index (χ3n) is 6.11. The van der Waals surface area contributed by atoms with Gasteiger partial charge in [0.05, 0.1) is 6.07 Å². The van der Waals surface area contributed by atoms with Crippen molar-refractivity contribution < 1.29 is 4.79 Å². The number of hydrogen-bond donors (Lipinski definition) is 0. The lowest BCUT2D eigenvalue weighted by atomic mass is 9.91. The van der Waals surface area contributed by atoms with Crippen molar-refractivity contribution >= 4 is 5.91 Å². The molecule has 0 radical (unpaired) electrons. The molecule has 0 bridgehead atoms. The maximum atomic E-state index is 13.6. The third kappa shape index (κ3) is 5.40. The molecule has 1 unspecified atom stereocenters. The molecule has 1 fully saturated rings. The zero-order valence-corrected chi connectivity index (χ0v) is 18.2. The summed E-state index contributed by atoms with van der Waals surface area (Å²) in [7, 11) is 0. The summed E-state index contributed by atoms with van der Waals surface area (Å²) in [6, 6.07) is 26.4. The van der Waals surface area contributed by atoms with E-state index in [2.05, 4.69) is 40.2 Å². The fourth-order valence-electron chi connectivity index (χ4n) is 4.41. The molecule has 3 aromatic rings. The summed E-state index contributed by atoms with van der Waals surface area (Å²) in [6.07, 6.45) is 4.92. The number of hydrogen-bond acceptors (Lipinski definition) is 4. The second-order valence-corrected chi connectivity index (χ2v) is 8.26. The van der Waals surface area contributed by atoms with E-state index in [1.807, 2.05) is 53.4 Å². The Morgan fingerprint density at radius 2 is 1.47 bits per heavy atom. The number of amides is 1. The van der Waals surface area contributed by atoms with E-state index in [9.17, 15) is 10.1 Å². The molecule has 0 saturated carbocycles. The predicted octanol–water partition coefficient (Wildman–Crippen LogP) is 3.89. The Hall–Kier alpha value is -3.49. The molecular weight excluding hydrogens is 396 g/mol. The van der Waals surface area contributed by atoms with Gasteiger partial charge < -0.3 is 4.90 Å². The van der Waals surface area contributed by atoms with Gasteiger partial charge in [-0.1, -0.05) is 66.7 Å². The predicted molar refractivity (Wildman–Crippen MR) is 125 cm³/mol. The van der Waals surface area contributed by atoms with Crippen LogP contribution in [0.4, 0.5) is 0 Å². The molecule has 162 valence electrons. The number of piperazine rings is 1. The molecule has 5 heteroatoms. The number of carbonyl (C=O) groups excluding carboxylic acids is 1. The van der Waals surface area contributed by atoms with Crippen molar-refractivity contribution in [1.82, 2.24) is 14.8 Å². The Morgan fingerprint density at radius 1 is 0.875 bits per heavy atom. The molecule has 0 aliphatic carbocycles. The highest BCUT2D eigenvalue weighted by atomic mass is 16.2. The van der Waals surface area contributed by atoms with Crippen LogP contribution in [0.25, 0.3) is 0 Å². The number of carbonyl (C=O) groups is 1. The molecule has 1 amide bonds. The number of rotatable bonds is 7. The molecular formula is C27H28N4O. The molecule has 1 aliphatic heterocycles. The lowest BCUT2D eigenvalue weighted by Crippen LogP contribution is -2.51. The van der Waals surface area contributed by atoms with Gasteiger partial charge in [-0.15, -0.1) is 0 Å². The van der Waals surface area contributed by atoms with Crippen LogP contribution in [0, 0.1) is 17.2 Å². The minimum atomic E-state index is -0.328. The molecule has 32 heavy (non-hydrogen) atoms. The summed E-state index contributed by atoms with van der Waals surface area (Å²) in [5, 5.41) is 9.72. The van der Waals surface area contributed by atoms with Gasteiger partial charge in [0, 0.05) is 50.1 Å². The van der Waals surface area contributed by atoms with Crippen LogP contribution in [0.3, 0.4) is 0 Å². The van der Waals surface area contributed by atoms with Gasteiger partial charge in [0.1, 0.15) is 6.04 Å². The van der Waals surface area contributed by atoms with Crippen LogP contribution in [-0.2, 0) is 17.6 Å². The zero-order valence-electron chi connectivity index (χ0n) is 18.2. The van der Waals surface area contributed by atoms with Crippen LogP contribution in [0.1, 0.15) is 22.7 Å². The summed E-state index contributed by atoms with van der Waals surface area (Å²) in [5.41, 5.74) is 3.27. The Morgan fingerprint density at radius 3 is 1.97 bits per heavy atom. The fraction of sp³-hybridized carbons (Fsp3) is 0.296. The van der Waals surface area contributed by atoms with Gasteiger partial charge in [0.2, 0.25) is 5.91 Å². The van der Waals surface area contributed by atoms with Crippen LogP contribution in [-0.4, -0.2) is 46.9 Å². The Balaban J connectivity index is 1.44. The molecule has 0 spiro atoms. The highest BCUT2D eigenvalue weighted by Gasteiger charge is 2.30. The van der Waals surface area contributed by atoms with Gasteiger partial charge in [0.15, 0.2) is 0 Å². The van der Waals surface area contributed by atoms with Crippen molar-refractivity contribution in [1.29, 1.82) is 5.26 Å². The Labute approximate surface area is 189 Å². The smallest absolute Gasteiger partial charge is 0.226 e. The normalized spacial score (nSPS) is 15.3. The van der Waals surface area contributed by atoms with Crippen LogP contribution < -0.4 is 0 Å². The molecule has 1 saturated heterocycles. The van der Waals surface area contributed by atoms with Crippen molar-refractivity contribution in [3.8, 4) is 6.07 Å². The molecule has 1 aliphatic rings. The van der Waals surface area contributed by atoms with Crippen LogP contribution in [0.5, 0.6) is 0 Å². The van der Waals surface area contributed by atoms with E-state index in [0.717, 1.165) is 18.4 Å². The van der Waals surface area contributed by atoms with Crippen molar-refractivity contribution in [2.45, 2.75) is 18.9 Å². The summed E-state index contributed by atoms with van der Waals surface area (Å²) >= 11 is 0. The van der Waals surface area contributed by atoms with E-state index in [-0.39, 0.29) is 17.9 Å².